The van der Waals surface area contributed by atoms with Crippen molar-refractivity contribution in [1.29, 1.82) is 0 Å². The number of esters is 1. The van der Waals surface area contributed by atoms with Gasteiger partial charge in [-0.05, 0) is 36.7 Å². The van der Waals surface area contributed by atoms with Crippen LogP contribution in [0, 0.1) is 29.1 Å². The van der Waals surface area contributed by atoms with Gasteiger partial charge in [0, 0.05) is 7.11 Å². The normalized spacial score (nSPS) is 45.2. The van der Waals surface area contributed by atoms with Crippen LogP contribution in [0.5, 0.6) is 0 Å². The molecule has 0 spiro atoms. The van der Waals surface area contributed by atoms with Gasteiger partial charge in [0.25, 0.3) is 0 Å². The van der Waals surface area contributed by atoms with Crippen molar-refractivity contribution in [2.45, 2.75) is 32.3 Å². The maximum absolute atomic E-state index is 12.5. The maximum atomic E-state index is 12.5. The van der Waals surface area contributed by atoms with Gasteiger partial charge in [-0.15, -0.1) is 0 Å². The summed E-state index contributed by atoms with van der Waals surface area (Å²) >= 11 is 0. The van der Waals surface area contributed by atoms with E-state index in [0.29, 0.717) is 11.8 Å². The topological polar surface area (TPSA) is 52.6 Å². The first-order chi connectivity index (χ1) is 9.44. The molecule has 5 atom stereocenters. The molecule has 0 aromatic rings. The van der Waals surface area contributed by atoms with Crippen molar-refractivity contribution < 1.29 is 19.1 Å². The molecule has 3 rings (SSSR count). The summed E-state index contributed by atoms with van der Waals surface area (Å²) in [6.07, 6.45) is 4.88. The average molecular weight is 278 g/mol. The summed E-state index contributed by atoms with van der Waals surface area (Å²) in [6, 6.07) is 0. The van der Waals surface area contributed by atoms with E-state index in [1.807, 2.05) is 0 Å². The van der Waals surface area contributed by atoms with E-state index in [1.165, 1.54) is 7.11 Å². The van der Waals surface area contributed by atoms with Crippen molar-refractivity contribution in [3.63, 3.8) is 0 Å². The Hall–Kier alpha value is -1.16. The number of allylic oxidation sites excluding steroid dienone is 1. The van der Waals surface area contributed by atoms with Gasteiger partial charge in [-0.25, -0.2) is 0 Å². The molecule has 0 bridgehead atoms. The van der Waals surface area contributed by atoms with Gasteiger partial charge in [0.2, 0.25) is 0 Å². The second-order valence-corrected chi connectivity index (χ2v) is 6.70. The first-order valence-corrected chi connectivity index (χ1v) is 7.31. The molecular weight excluding hydrogens is 256 g/mol. The number of ether oxygens (including phenoxy) is 2. The highest BCUT2D eigenvalue weighted by molar-refractivity contribution is 5.99. The summed E-state index contributed by atoms with van der Waals surface area (Å²) in [5, 5.41) is 0. The Bertz CT molecular complexity index is 495. The molecular formula is C16H22O4. The van der Waals surface area contributed by atoms with Crippen LogP contribution < -0.4 is 0 Å². The minimum absolute atomic E-state index is 0.0898. The van der Waals surface area contributed by atoms with Crippen LogP contribution in [0.1, 0.15) is 26.7 Å². The van der Waals surface area contributed by atoms with E-state index in [0.717, 1.165) is 12.8 Å². The Balaban J connectivity index is 2.16. The van der Waals surface area contributed by atoms with Crippen LogP contribution in [0.4, 0.5) is 0 Å². The summed E-state index contributed by atoms with van der Waals surface area (Å²) in [5.41, 5.74) is -1.46. The molecule has 3 aliphatic rings. The fourth-order valence-corrected chi connectivity index (χ4v) is 5.05. The molecule has 0 aliphatic heterocycles. The lowest BCUT2D eigenvalue weighted by atomic mass is 9.50. The van der Waals surface area contributed by atoms with Gasteiger partial charge >= 0.3 is 5.97 Å². The van der Waals surface area contributed by atoms with Crippen molar-refractivity contribution in [2.75, 3.05) is 14.2 Å². The van der Waals surface area contributed by atoms with E-state index in [1.54, 1.807) is 19.3 Å². The Morgan fingerprint density at radius 3 is 2.65 bits per heavy atom. The number of rotatable bonds is 3. The summed E-state index contributed by atoms with van der Waals surface area (Å²) in [7, 11) is 3.04. The van der Waals surface area contributed by atoms with Crippen LogP contribution >= 0.6 is 0 Å². The van der Waals surface area contributed by atoms with Crippen molar-refractivity contribution in [2.24, 2.45) is 29.1 Å². The molecule has 4 nitrogen and oxygen atoms in total. The van der Waals surface area contributed by atoms with Gasteiger partial charge in [0.15, 0.2) is 5.78 Å². The molecule has 0 amide bonds. The first kappa shape index (κ1) is 13.8. The monoisotopic (exact) mass is 278 g/mol. The number of ketones is 1. The summed E-state index contributed by atoms with van der Waals surface area (Å²) < 4.78 is 10.9. The van der Waals surface area contributed by atoms with E-state index in [-0.39, 0.29) is 23.6 Å². The molecule has 2 fully saturated rings. The number of methoxy groups -OCH3 is 2. The third-order valence-electron chi connectivity index (χ3n) is 5.95. The number of hydrogen-bond donors (Lipinski definition) is 0. The average Bonchev–Trinajstić information content (AvgIpc) is 2.67. The van der Waals surface area contributed by atoms with Gasteiger partial charge in [-0.1, -0.05) is 19.9 Å². The SMILES string of the molecule is COC(=O)[C@@]12C=CC(=O)[C@H]3C[C@@H](C(C(C)C)C1)[C@]32OC. The maximum Gasteiger partial charge on any atom is 0.318 e. The Labute approximate surface area is 119 Å². The van der Waals surface area contributed by atoms with Gasteiger partial charge in [0.1, 0.15) is 11.0 Å². The number of carbonyl (C=O) groups is 2. The van der Waals surface area contributed by atoms with Crippen molar-refractivity contribution in [3.05, 3.63) is 12.2 Å². The van der Waals surface area contributed by atoms with Crippen LogP contribution in [0.25, 0.3) is 0 Å². The van der Waals surface area contributed by atoms with Gasteiger partial charge in [0.05, 0.1) is 13.0 Å². The Morgan fingerprint density at radius 1 is 1.40 bits per heavy atom. The lowest BCUT2D eigenvalue weighted by Crippen LogP contribution is -2.68. The fraction of sp³-hybridized carbons (Fsp3) is 0.750. The molecule has 0 N–H and O–H groups in total. The fourth-order valence-electron chi connectivity index (χ4n) is 5.05. The second-order valence-electron chi connectivity index (χ2n) is 6.70. The standard InChI is InChI=1S/C16H22O4/c1-9(2)10-8-15(14(18)19-3)6-5-13(17)12-7-11(10)16(12,15)20-4/h5-6,9-12H,7-8H2,1-4H3/t10?,11-,12+,15+,16-/m0/s1. The zero-order valence-electron chi connectivity index (χ0n) is 12.5. The van der Waals surface area contributed by atoms with Crippen LogP contribution in [-0.4, -0.2) is 31.6 Å². The number of hydrogen-bond acceptors (Lipinski definition) is 4. The second kappa shape index (κ2) is 4.17. The molecule has 0 aromatic carbocycles. The molecule has 2 saturated carbocycles. The quantitative estimate of drug-likeness (QED) is 0.741. The van der Waals surface area contributed by atoms with E-state index in [2.05, 4.69) is 13.8 Å². The zero-order valence-corrected chi connectivity index (χ0v) is 12.5. The Kier molecular flexibility index (Phi) is 2.88. The molecule has 0 radical (unpaired) electrons. The van der Waals surface area contributed by atoms with Crippen molar-refractivity contribution in [3.8, 4) is 0 Å². The van der Waals surface area contributed by atoms with Gasteiger partial charge in [-0.3, -0.25) is 9.59 Å². The van der Waals surface area contributed by atoms with Crippen LogP contribution in [0.2, 0.25) is 0 Å². The Morgan fingerprint density at radius 2 is 2.10 bits per heavy atom. The molecule has 0 aromatic heterocycles. The summed E-state index contributed by atoms with van der Waals surface area (Å²) in [6.45, 7) is 4.35. The van der Waals surface area contributed by atoms with Crippen molar-refractivity contribution >= 4 is 11.8 Å². The smallest absolute Gasteiger partial charge is 0.318 e. The van der Waals surface area contributed by atoms with E-state index in [4.69, 9.17) is 9.47 Å². The van der Waals surface area contributed by atoms with E-state index >= 15 is 0 Å². The molecule has 0 saturated heterocycles. The largest absolute Gasteiger partial charge is 0.468 e. The summed E-state index contributed by atoms with van der Waals surface area (Å²) in [5.74, 6) is 0.758. The third-order valence-corrected chi connectivity index (χ3v) is 5.95. The first-order valence-electron chi connectivity index (χ1n) is 7.31. The third kappa shape index (κ3) is 1.26. The molecule has 110 valence electrons. The van der Waals surface area contributed by atoms with Gasteiger partial charge < -0.3 is 9.47 Å². The van der Waals surface area contributed by atoms with Crippen molar-refractivity contribution in [1.82, 2.24) is 0 Å². The molecule has 4 heteroatoms. The van der Waals surface area contributed by atoms with Crippen LogP contribution in [0.3, 0.4) is 0 Å². The minimum atomic E-state index is -0.785. The van der Waals surface area contributed by atoms with E-state index in [9.17, 15) is 9.59 Å². The summed E-state index contributed by atoms with van der Waals surface area (Å²) in [4.78, 5) is 24.7. The highest BCUT2D eigenvalue weighted by Crippen LogP contribution is 2.70. The minimum Gasteiger partial charge on any atom is -0.468 e. The predicted molar refractivity (Wildman–Crippen MR) is 72.9 cm³/mol. The number of carbonyl (C=O) groups excluding carboxylic acids is 2. The van der Waals surface area contributed by atoms with Gasteiger partial charge in [-0.2, -0.15) is 0 Å². The lowest BCUT2D eigenvalue weighted by Gasteiger charge is -2.58. The zero-order chi connectivity index (χ0) is 14.7. The molecule has 3 aliphatic carbocycles. The molecule has 20 heavy (non-hydrogen) atoms. The highest BCUT2D eigenvalue weighted by atomic mass is 16.5. The lowest BCUT2D eigenvalue weighted by molar-refractivity contribution is -0.219. The van der Waals surface area contributed by atoms with E-state index < -0.39 is 11.0 Å². The molecule has 1 unspecified atom stereocenters. The predicted octanol–water partition coefficient (Wildman–Crippen LogP) is 1.98. The van der Waals surface area contributed by atoms with Crippen LogP contribution in [0.15, 0.2) is 12.2 Å². The highest BCUT2D eigenvalue weighted by Gasteiger charge is 2.78. The van der Waals surface area contributed by atoms with Crippen LogP contribution in [-0.2, 0) is 19.1 Å². The molecule has 0 heterocycles.